The maximum Gasteiger partial charge on any atom is -0.0300 e. The summed E-state index contributed by atoms with van der Waals surface area (Å²) < 4.78 is 0. The fraction of sp³-hybridized carbons (Fsp3) is 1.00. The molecule has 0 aliphatic heterocycles. The van der Waals surface area contributed by atoms with E-state index in [9.17, 15) is 0 Å². The van der Waals surface area contributed by atoms with Crippen molar-refractivity contribution in [1.82, 2.24) is 0 Å². The Morgan fingerprint density at radius 1 is 0.800 bits per heavy atom. The third kappa shape index (κ3) is 4.57. The van der Waals surface area contributed by atoms with Gasteiger partial charge in [-0.3, -0.25) is 0 Å². The van der Waals surface area contributed by atoms with Gasteiger partial charge in [0.15, 0.2) is 0 Å². The van der Waals surface area contributed by atoms with E-state index < -0.39 is 0 Å². The Hall–Kier alpha value is 0. The smallest absolute Gasteiger partial charge is 0.0300 e. The SMILES string of the molecule is CCCCCCCC1(CC)CCCCC1. The molecule has 0 atom stereocenters. The maximum absolute atomic E-state index is 2.41. The van der Waals surface area contributed by atoms with Crippen molar-refractivity contribution in [3.8, 4) is 0 Å². The van der Waals surface area contributed by atoms with Gasteiger partial charge in [0.25, 0.3) is 0 Å². The summed E-state index contributed by atoms with van der Waals surface area (Å²) in [4.78, 5) is 0. The lowest BCUT2D eigenvalue weighted by atomic mass is 9.69. The van der Waals surface area contributed by atoms with E-state index in [0.29, 0.717) is 0 Å². The molecule has 1 aliphatic carbocycles. The molecule has 0 heterocycles. The van der Waals surface area contributed by atoms with Crippen LogP contribution in [0.1, 0.15) is 90.9 Å². The van der Waals surface area contributed by atoms with E-state index in [1.165, 1.54) is 77.0 Å². The zero-order valence-corrected chi connectivity index (χ0v) is 11.0. The Bertz CT molecular complexity index is 142. The third-order valence-corrected chi connectivity index (χ3v) is 4.47. The van der Waals surface area contributed by atoms with Crippen molar-refractivity contribution in [2.45, 2.75) is 90.9 Å². The minimum Gasteiger partial charge on any atom is -0.0654 e. The monoisotopic (exact) mass is 210 g/mol. The second-order valence-electron chi connectivity index (χ2n) is 5.58. The molecule has 0 unspecified atom stereocenters. The van der Waals surface area contributed by atoms with Gasteiger partial charge in [0, 0.05) is 0 Å². The fourth-order valence-corrected chi connectivity index (χ4v) is 3.19. The summed E-state index contributed by atoms with van der Waals surface area (Å²) in [7, 11) is 0. The van der Waals surface area contributed by atoms with E-state index in [1.807, 2.05) is 0 Å². The third-order valence-electron chi connectivity index (χ3n) is 4.47. The molecule has 90 valence electrons. The molecule has 0 nitrogen and oxygen atoms in total. The lowest BCUT2D eigenvalue weighted by Gasteiger charge is -2.36. The first-order valence-electron chi connectivity index (χ1n) is 7.33. The van der Waals surface area contributed by atoms with Crippen LogP contribution in [0.4, 0.5) is 0 Å². The van der Waals surface area contributed by atoms with Crippen molar-refractivity contribution in [3.05, 3.63) is 0 Å². The van der Waals surface area contributed by atoms with Crippen LogP contribution in [-0.4, -0.2) is 0 Å². The summed E-state index contributed by atoms with van der Waals surface area (Å²) in [6.45, 7) is 4.71. The topological polar surface area (TPSA) is 0 Å². The highest BCUT2D eigenvalue weighted by atomic mass is 14.3. The molecule has 0 heteroatoms. The van der Waals surface area contributed by atoms with E-state index >= 15 is 0 Å². The Morgan fingerprint density at radius 2 is 1.47 bits per heavy atom. The van der Waals surface area contributed by atoms with Gasteiger partial charge in [0.1, 0.15) is 0 Å². The molecule has 0 aromatic heterocycles. The first-order chi connectivity index (χ1) is 7.33. The van der Waals surface area contributed by atoms with Gasteiger partial charge in [-0.15, -0.1) is 0 Å². The van der Waals surface area contributed by atoms with Crippen LogP contribution in [0.3, 0.4) is 0 Å². The van der Waals surface area contributed by atoms with Crippen molar-refractivity contribution in [2.24, 2.45) is 5.41 Å². The van der Waals surface area contributed by atoms with Crippen LogP contribution in [0.2, 0.25) is 0 Å². The molecule has 0 amide bonds. The molecule has 0 saturated heterocycles. The molecule has 0 aromatic rings. The van der Waals surface area contributed by atoms with E-state index in [4.69, 9.17) is 0 Å². The van der Waals surface area contributed by atoms with Crippen molar-refractivity contribution in [2.75, 3.05) is 0 Å². The Balaban J connectivity index is 2.15. The van der Waals surface area contributed by atoms with Gasteiger partial charge in [-0.1, -0.05) is 71.6 Å². The van der Waals surface area contributed by atoms with Crippen LogP contribution in [0.15, 0.2) is 0 Å². The maximum atomic E-state index is 2.41. The van der Waals surface area contributed by atoms with Crippen molar-refractivity contribution < 1.29 is 0 Å². The zero-order chi connectivity index (χ0) is 11.0. The molecule has 15 heavy (non-hydrogen) atoms. The highest BCUT2D eigenvalue weighted by Gasteiger charge is 2.28. The van der Waals surface area contributed by atoms with Crippen LogP contribution in [0.25, 0.3) is 0 Å². The zero-order valence-electron chi connectivity index (χ0n) is 11.0. The van der Waals surface area contributed by atoms with Gasteiger partial charge in [0.2, 0.25) is 0 Å². The minimum atomic E-state index is 0.768. The normalized spacial score (nSPS) is 20.4. The van der Waals surface area contributed by atoms with Gasteiger partial charge < -0.3 is 0 Å². The standard InChI is InChI=1S/C15H30/c1-3-5-6-7-9-12-15(4-2)13-10-8-11-14-15/h3-14H2,1-2H3. The summed E-state index contributed by atoms with van der Waals surface area (Å²) in [5, 5.41) is 0. The second kappa shape index (κ2) is 7.30. The van der Waals surface area contributed by atoms with E-state index in [-0.39, 0.29) is 0 Å². The van der Waals surface area contributed by atoms with Gasteiger partial charge in [-0.05, 0) is 24.7 Å². The average molecular weight is 210 g/mol. The van der Waals surface area contributed by atoms with Crippen LogP contribution in [-0.2, 0) is 0 Å². The summed E-state index contributed by atoms with van der Waals surface area (Å²) >= 11 is 0. The average Bonchev–Trinajstić information content (AvgIpc) is 2.30. The van der Waals surface area contributed by atoms with E-state index in [2.05, 4.69) is 13.8 Å². The van der Waals surface area contributed by atoms with Crippen LogP contribution < -0.4 is 0 Å². The van der Waals surface area contributed by atoms with E-state index in [0.717, 1.165) is 5.41 Å². The molecule has 1 aliphatic rings. The highest BCUT2D eigenvalue weighted by Crippen LogP contribution is 2.43. The minimum absolute atomic E-state index is 0.768. The Labute approximate surface area is 96.8 Å². The molecule has 1 rings (SSSR count). The molecule has 0 N–H and O–H groups in total. The van der Waals surface area contributed by atoms with Crippen LogP contribution in [0, 0.1) is 5.41 Å². The molecule has 1 fully saturated rings. The Morgan fingerprint density at radius 3 is 2.07 bits per heavy atom. The molecular weight excluding hydrogens is 180 g/mol. The lowest BCUT2D eigenvalue weighted by Crippen LogP contribution is -2.23. The van der Waals surface area contributed by atoms with Crippen molar-refractivity contribution in [1.29, 1.82) is 0 Å². The van der Waals surface area contributed by atoms with Gasteiger partial charge in [-0.2, -0.15) is 0 Å². The highest BCUT2D eigenvalue weighted by molar-refractivity contribution is 4.81. The first kappa shape index (κ1) is 13.1. The van der Waals surface area contributed by atoms with Crippen LogP contribution >= 0.6 is 0 Å². The fourth-order valence-electron chi connectivity index (χ4n) is 3.19. The molecule has 0 bridgehead atoms. The second-order valence-corrected chi connectivity index (χ2v) is 5.58. The summed E-state index contributed by atoms with van der Waals surface area (Å²) in [6, 6.07) is 0. The molecule has 0 aromatic carbocycles. The quantitative estimate of drug-likeness (QED) is 0.472. The number of hydrogen-bond donors (Lipinski definition) is 0. The van der Waals surface area contributed by atoms with Gasteiger partial charge in [0.05, 0.1) is 0 Å². The Kier molecular flexibility index (Phi) is 6.36. The largest absolute Gasteiger partial charge is 0.0654 e. The number of hydrogen-bond acceptors (Lipinski definition) is 0. The number of unbranched alkanes of at least 4 members (excludes halogenated alkanes) is 4. The van der Waals surface area contributed by atoms with Gasteiger partial charge >= 0.3 is 0 Å². The molecule has 1 saturated carbocycles. The van der Waals surface area contributed by atoms with Gasteiger partial charge in [-0.25, -0.2) is 0 Å². The lowest BCUT2D eigenvalue weighted by molar-refractivity contribution is 0.159. The van der Waals surface area contributed by atoms with Crippen LogP contribution in [0.5, 0.6) is 0 Å². The first-order valence-corrected chi connectivity index (χ1v) is 7.33. The molecule has 0 radical (unpaired) electrons. The number of rotatable bonds is 7. The summed E-state index contributed by atoms with van der Waals surface area (Å²) in [5.41, 5.74) is 0.768. The summed E-state index contributed by atoms with van der Waals surface area (Å²) in [5.74, 6) is 0. The van der Waals surface area contributed by atoms with Crippen molar-refractivity contribution in [3.63, 3.8) is 0 Å². The predicted molar refractivity (Wildman–Crippen MR) is 69.2 cm³/mol. The van der Waals surface area contributed by atoms with E-state index in [1.54, 1.807) is 0 Å². The predicted octanol–water partition coefficient (Wildman–Crippen LogP) is 5.71. The molecular formula is C15H30. The summed E-state index contributed by atoms with van der Waals surface area (Å²) in [6.07, 6.45) is 17.8. The molecule has 0 spiro atoms. The van der Waals surface area contributed by atoms with Crippen molar-refractivity contribution >= 4 is 0 Å².